The Kier molecular flexibility index (Phi) is 5.67. The largest absolute Gasteiger partial charge is 0.481 e. The van der Waals surface area contributed by atoms with Crippen molar-refractivity contribution < 1.29 is 14.7 Å². The number of carboxylic acids is 1. The number of carbonyl (C=O) groups excluding carboxylic acids is 1. The predicted octanol–water partition coefficient (Wildman–Crippen LogP) is 4.13. The standard InChI is InChI=1S/C21H23NO3S/c1-14(2)26-19-11-7-6-10-16(19)20(23)22-12-17(18(13-22)21(24)25)15-8-4-3-5-9-15/h3-11,14,17-18H,12-13H2,1-2H3,(H,24,25)/t17-,18-/m0/s1. The van der Waals surface area contributed by atoms with Crippen LogP contribution in [0.4, 0.5) is 0 Å². The molecule has 5 heteroatoms. The van der Waals surface area contributed by atoms with E-state index in [4.69, 9.17) is 0 Å². The Bertz CT molecular complexity index is 791. The minimum absolute atomic E-state index is 0.0848. The molecule has 2 aromatic rings. The molecule has 1 heterocycles. The number of hydrogen-bond acceptors (Lipinski definition) is 3. The van der Waals surface area contributed by atoms with E-state index < -0.39 is 11.9 Å². The Morgan fingerprint density at radius 3 is 2.35 bits per heavy atom. The second kappa shape index (κ2) is 7.96. The fraction of sp³-hybridized carbons (Fsp3) is 0.333. The molecule has 0 spiro atoms. The van der Waals surface area contributed by atoms with Crippen molar-refractivity contribution >= 4 is 23.6 Å². The molecule has 1 amide bonds. The number of amides is 1. The Hall–Kier alpha value is -2.27. The molecule has 1 fully saturated rings. The Labute approximate surface area is 158 Å². The van der Waals surface area contributed by atoms with E-state index in [1.54, 1.807) is 16.7 Å². The van der Waals surface area contributed by atoms with Crippen LogP contribution in [0.15, 0.2) is 59.5 Å². The molecule has 3 rings (SSSR count). The summed E-state index contributed by atoms with van der Waals surface area (Å²) in [6, 6.07) is 17.2. The van der Waals surface area contributed by atoms with Crippen molar-refractivity contribution in [3.8, 4) is 0 Å². The molecule has 26 heavy (non-hydrogen) atoms. The molecule has 136 valence electrons. The van der Waals surface area contributed by atoms with Gasteiger partial charge in [0.15, 0.2) is 0 Å². The Morgan fingerprint density at radius 2 is 1.69 bits per heavy atom. The SMILES string of the molecule is CC(C)Sc1ccccc1C(=O)N1C[C@H](C(=O)O)[C@H](c2ccccc2)C1. The number of benzene rings is 2. The van der Waals surface area contributed by atoms with Crippen LogP contribution >= 0.6 is 11.8 Å². The van der Waals surface area contributed by atoms with Crippen LogP contribution in [0.5, 0.6) is 0 Å². The van der Waals surface area contributed by atoms with E-state index in [0.717, 1.165) is 10.5 Å². The van der Waals surface area contributed by atoms with E-state index in [-0.39, 0.29) is 18.4 Å². The number of nitrogens with zero attached hydrogens (tertiary/aromatic N) is 1. The summed E-state index contributed by atoms with van der Waals surface area (Å²) in [4.78, 5) is 27.5. The molecule has 1 saturated heterocycles. The maximum absolute atomic E-state index is 13.1. The van der Waals surface area contributed by atoms with Crippen LogP contribution in [0.1, 0.15) is 35.7 Å². The molecule has 2 atom stereocenters. The summed E-state index contributed by atoms with van der Waals surface area (Å²) in [6.07, 6.45) is 0. The maximum Gasteiger partial charge on any atom is 0.308 e. The molecule has 2 aromatic carbocycles. The van der Waals surface area contributed by atoms with Gasteiger partial charge in [-0.05, 0) is 17.7 Å². The quantitative estimate of drug-likeness (QED) is 0.805. The van der Waals surface area contributed by atoms with Crippen LogP contribution in [-0.4, -0.2) is 40.2 Å². The number of likely N-dealkylation sites (tertiary alicyclic amines) is 1. The van der Waals surface area contributed by atoms with Crippen molar-refractivity contribution in [2.45, 2.75) is 29.9 Å². The van der Waals surface area contributed by atoms with Crippen molar-refractivity contribution in [1.82, 2.24) is 4.90 Å². The molecular formula is C21H23NO3S. The molecule has 1 N–H and O–H groups in total. The van der Waals surface area contributed by atoms with E-state index in [0.29, 0.717) is 17.4 Å². The van der Waals surface area contributed by atoms with E-state index >= 15 is 0 Å². The first-order valence-corrected chi connectivity index (χ1v) is 9.68. The third-order valence-electron chi connectivity index (χ3n) is 4.63. The fourth-order valence-corrected chi connectivity index (χ4v) is 4.38. The lowest BCUT2D eigenvalue weighted by Crippen LogP contribution is -2.30. The lowest BCUT2D eigenvalue weighted by molar-refractivity contribution is -0.141. The zero-order valence-corrected chi connectivity index (χ0v) is 15.8. The molecular weight excluding hydrogens is 346 g/mol. The first-order chi connectivity index (χ1) is 12.5. The topological polar surface area (TPSA) is 57.6 Å². The number of aliphatic carboxylic acids is 1. The number of carboxylic acid groups (broad SMARTS) is 1. The van der Waals surface area contributed by atoms with Gasteiger partial charge in [0.1, 0.15) is 0 Å². The highest BCUT2D eigenvalue weighted by atomic mass is 32.2. The first kappa shape index (κ1) is 18.5. The van der Waals surface area contributed by atoms with E-state index in [1.165, 1.54) is 0 Å². The van der Waals surface area contributed by atoms with Gasteiger partial charge in [0.05, 0.1) is 11.5 Å². The maximum atomic E-state index is 13.1. The zero-order valence-electron chi connectivity index (χ0n) is 15.0. The van der Waals surface area contributed by atoms with Crippen molar-refractivity contribution in [2.24, 2.45) is 5.92 Å². The van der Waals surface area contributed by atoms with Crippen LogP contribution in [-0.2, 0) is 4.79 Å². The molecule has 4 nitrogen and oxygen atoms in total. The summed E-state index contributed by atoms with van der Waals surface area (Å²) in [6.45, 7) is 4.86. The third kappa shape index (κ3) is 3.93. The highest BCUT2D eigenvalue weighted by Gasteiger charge is 2.40. The lowest BCUT2D eigenvalue weighted by atomic mass is 9.89. The minimum Gasteiger partial charge on any atom is -0.481 e. The summed E-state index contributed by atoms with van der Waals surface area (Å²) >= 11 is 1.65. The number of thioether (sulfide) groups is 1. The molecule has 1 aliphatic rings. The van der Waals surface area contributed by atoms with Gasteiger partial charge in [-0.1, -0.05) is 56.3 Å². The van der Waals surface area contributed by atoms with Gasteiger partial charge in [-0.3, -0.25) is 9.59 Å². The van der Waals surface area contributed by atoms with Crippen LogP contribution in [0.25, 0.3) is 0 Å². The van der Waals surface area contributed by atoms with Crippen LogP contribution in [0, 0.1) is 5.92 Å². The van der Waals surface area contributed by atoms with Gasteiger partial charge >= 0.3 is 5.97 Å². The lowest BCUT2D eigenvalue weighted by Gasteiger charge is -2.19. The van der Waals surface area contributed by atoms with Crippen LogP contribution < -0.4 is 0 Å². The summed E-state index contributed by atoms with van der Waals surface area (Å²) in [7, 11) is 0. The minimum atomic E-state index is -0.848. The molecule has 0 radical (unpaired) electrons. The van der Waals surface area contributed by atoms with Crippen LogP contribution in [0.3, 0.4) is 0 Å². The van der Waals surface area contributed by atoms with Gasteiger partial charge in [-0.15, -0.1) is 11.8 Å². The van der Waals surface area contributed by atoms with E-state index in [1.807, 2.05) is 54.6 Å². The monoisotopic (exact) mass is 369 g/mol. The van der Waals surface area contributed by atoms with E-state index in [9.17, 15) is 14.7 Å². The molecule has 0 unspecified atom stereocenters. The Balaban J connectivity index is 1.86. The fourth-order valence-electron chi connectivity index (χ4n) is 3.43. The van der Waals surface area contributed by atoms with Crippen molar-refractivity contribution in [3.63, 3.8) is 0 Å². The summed E-state index contributed by atoms with van der Waals surface area (Å²) < 4.78 is 0. The average molecular weight is 369 g/mol. The number of carbonyl (C=O) groups is 2. The normalized spacial score (nSPS) is 19.7. The number of hydrogen-bond donors (Lipinski definition) is 1. The highest BCUT2D eigenvalue weighted by molar-refractivity contribution is 8.00. The van der Waals surface area contributed by atoms with Crippen molar-refractivity contribution in [3.05, 3.63) is 65.7 Å². The molecule has 0 bridgehead atoms. The van der Waals surface area contributed by atoms with Crippen molar-refractivity contribution in [2.75, 3.05) is 13.1 Å². The summed E-state index contributed by atoms with van der Waals surface area (Å²) in [5, 5.41) is 10.0. The zero-order chi connectivity index (χ0) is 18.7. The molecule has 0 aromatic heterocycles. The number of rotatable bonds is 5. The summed E-state index contributed by atoms with van der Waals surface area (Å²) in [5.41, 5.74) is 1.63. The first-order valence-electron chi connectivity index (χ1n) is 8.80. The van der Waals surface area contributed by atoms with E-state index in [2.05, 4.69) is 13.8 Å². The molecule has 0 saturated carbocycles. The third-order valence-corrected chi connectivity index (χ3v) is 5.71. The molecule has 0 aliphatic carbocycles. The molecule has 1 aliphatic heterocycles. The van der Waals surface area contributed by atoms with Gasteiger partial charge in [0.25, 0.3) is 5.91 Å². The van der Waals surface area contributed by atoms with Gasteiger partial charge in [-0.2, -0.15) is 0 Å². The summed E-state index contributed by atoms with van der Waals surface area (Å²) in [5.74, 6) is -1.69. The van der Waals surface area contributed by atoms with Crippen molar-refractivity contribution in [1.29, 1.82) is 0 Å². The van der Waals surface area contributed by atoms with Gasteiger partial charge in [0, 0.05) is 29.2 Å². The van der Waals surface area contributed by atoms with Gasteiger partial charge in [-0.25, -0.2) is 0 Å². The Morgan fingerprint density at radius 1 is 1.04 bits per heavy atom. The second-order valence-electron chi connectivity index (χ2n) is 6.83. The van der Waals surface area contributed by atoms with Gasteiger partial charge < -0.3 is 10.0 Å². The van der Waals surface area contributed by atoms with Crippen LogP contribution in [0.2, 0.25) is 0 Å². The van der Waals surface area contributed by atoms with Gasteiger partial charge in [0.2, 0.25) is 0 Å². The smallest absolute Gasteiger partial charge is 0.308 e. The average Bonchev–Trinajstić information content (AvgIpc) is 3.07. The second-order valence-corrected chi connectivity index (χ2v) is 8.45. The predicted molar refractivity (Wildman–Crippen MR) is 104 cm³/mol. The highest BCUT2D eigenvalue weighted by Crippen LogP contribution is 2.35.